The van der Waals surface area contributed by atoms with Gasteiger partial charge in [-0.05, 0) is 36.4 Å². The van der Waals surface area contributed by atoms with E-state index in [9.17, 15) is 16.8 Å². The summed E-state index contributed by atoms with van der Waals surface area (Å²) in [6, 6.07) is 13.9. The number of hydrogen-bond donors (Lipinski definition) is 2. The molecule has 23 heavy (non-hydrogen) atoms. The van der Waals surface area contributed by atoms with Crippen LogP contribution in [0.3, 0.4) is 0 Å². The van der Waals surface area contributed by atoms with Crippen molar-refractivity contribution in [2.24, 2.45) is 0 Å². The maximum atomic E-state index is 11.3. The topological polar surface area (TPSA) is 92.3 Å². The minimum absolute atomic E-state index is 0.475. The summed E-state index contributed by atoms with van der Waals surface area (Å²) in [6.45, 7) is 0. The number of anilines is 2. The second-order valence-electron chi connectivity index (χ2n) is 4.91. The number of benzene rings is 2. The second-order valence-corrected chi connectivity index (χ2v) is 9.55. The fourth-order valence-electron chi connectivity index (χ4n) is 1.81. The summed E-state index contributed by atoms with van der Waals surface area (Å²) in [5, 5.41) is 0. The Morgan fingerprint density at radius 3 is 1.48 bits per heavy atom. The quantitative estimate of drug-likeness (QED) is 0.813. The van der Waals surface area contributed by atoms with Gasteiger partial charge in [0, 0.05) is 21.2 Å². The fourth-order valence-corrected chi connectivity index (χ4v) is 3.86. The van der Waals surface area contributed by atoms with Crippen LogP contribution in [0.2, 0.25) is 0 Å². The summed E-state index contributed by atoms with van der Waals surface area (Å²) in [4.78, 5) is 1.66. The Labute approximate surface area is 140 Å². The van der Waals surface area contributed by atoms with Crippen molar-refractivity contribution in [1.29, 1.82) is 0 Å². The van der Waals surface area contributed by atoms with Crippen LogP contribution >= 0.6 is 11.8 Å². The molecule has 0 aliphatic rings. The van der Waals surface area contributed by atoms with E-state index in [1.54, 1.807) is 36.4 Å². The number of hydrogen-bond acceptors (Lipinski definition) is 5. The van der Waals surface area contributed by atoms with E-state index in [4.69, 9.17) is 0 Å². The zero-order valence-electron chi connectivity index (χ0n) is 12.5. The predicted octanol–water partition coefficient (Wildman–Crippen LogP) is 2.58. The minimum atomic E-state index is -3.33. The monoisotopic (exact) mass is 372 g/mol. The molecule has 2 rings (SSSR count). The Bertz CT molecular complexity index is 834. The van der Waals surface area contributed by atoms with E-state index in [1.807, 2.05) is 12.1 Å². The molecule has 0 aromatic heterocycles. The van der Waals surface area contributed by atoms with Crippen LogP contribution in [0.5, 0.6) is 0 Å². The normalized spacial score (nSPS) is 11.9. The summed E-state index contributed by atoms with van der Waals surface area (Å²) in [5.41, 5.74) is 0.950. The van der Waals surface area contributed by atoms with Crippen LogP contribution in [0, 0.1) is 0 Å². The van der Waals surface area contributed by atoms with Gasteiger partial charge >= 0.3 is 0 Å². The molecule has 0 spiro atoms. The third-order valence-electron chi connectivity index (χ3n) is 2.51. The Hall–Kier alpha value is -1.71. The van der Waals surface area contributed by atoms with Gasteiger partial charge in [-0.1, -0.05) is 23.9 Å². The molecule has 0 saturated carbocycles. The average molecular weight is 372 g/mol. The lowest BCUT2D eigenvalue weighted by Gasteiger charge is -2.08. The van der Waals surface area contributed by atoms with E-state index in [1.165, 1.54) is 11.8 Å². The van der Waals surface area contributed by atoms with Gasteiger partial charge in [0.25, 0.3) is 0 Å². The molecule has 0 aliphatic carbocycles. The number of rotatable bonds is 6. The van der Waals surface area contributed by atoms with Gasteiger partial charge in [-0.25, -0.2) is 16.8 Å². The molecule has 9 heteroatoms. The third kappa shape index (κ3) is 6.51. The van der Waals surface area contributed by atoms with E-state index < -0.39 is 20.0 Å². The lowest BCUT2D eigenvalue weighted by molar-refractivity contribution is 0.605. The van der Waals surface area contributed by atoms with E-state index >= 15 is 0 Å². The summed E-state index contributed by atoms with van der Waals surface area (Å²) in [6.07, 6.45) is 2.18. The van der Waals surface area contributed by atoms with Gasteiger partial charge in [0.1, 0.15) is 0 Å². The summed E-state index contributed by atoms with van der Waals surface area (Å²) in [7, 11) is -6.66. The molecule has 6 nitrogen and oxygen atoms in total. The van der Waals surface area contributed by atoms with Gasteiger partial charge in [0.05, 0.1) is 12.5 Å². The van der Waals surface area contributed by atoms with E-state index in [-0.39, 0.29) is 0 Å². The van der Waals surface area contributed by atoms with Crippen LogP contribution in [0.25, 0.3) is 0 Å². The SMILES string of the molecule is CS(=O)(=O)Nc1cccc(Sc2cccc(NS(C)(=O)=O)c2)c1. The molecule has 0 heterocycles. The van der Waals surface area contributed by atoms with Crippen LogP contribution in [0.4, 0.5) is 11.4 Å². The molecule has 2 aromatic carbocycles. The van der Waals surface area contributed by atoms with E-state index in [2.05, 4.69) is 9.44 Å². The Balaban J connectivity index is 2.19. The van der Waals surface area contributed by atoms with Crippen molar-refractivity contribution in [3.8, 4) is 0 Å². The number of sulfonamides is 2. The zero-order valence-corrected chi connectivity index (χ0v) is 14.9. The van der Waals surface area contributed by atoms with Gasteiger partial charge in [0.15, 0.2) is 0 Å². The van der Waals surface area contributed by atoms with E-state index in [0.717, 1.165) is 22.3 Å². The second kappa shape index (κ2) is 6.81. The highest BCUT2D eigenvalue weighted by Crippen LogP contribution is 2.31. The highest BCUT2D eigenvalue weighted by molar-refractivity contribution is 7.99. The van der Waals surface area contributed by atoms with Crippen LogP contribution < -0.4 is 9.44 Å². The van der Waals surface area contributed by atoms with Crippen LogP contribution in [0.15, 0.2) is 58.3 Å². The van der Waals surface area contributed by atoms with Crippen molar-refractivity contribution in [2.75, 3.05) is 22.0 Å². The summed E-state index contributed by atoms with van der Waals surface area (Å²) in [5.74, 6) is 0. The van der Waals surface area contributed by atoms with Gasteiger partial charge in [-0.2, -0.15) is 0 Å². The lowest BCUT2D eigenvalue weighted by atomic mass is 10.3. The Morgan fingerprint density at radius 1 is 0.739 bits per heavy atom. The van der Waals surface area contributed by atoms with Gasteiger partial charge < -0.3 is 0 Å². The summed E-state index contributed by atoms with van der Waals surface area (Å²) >= 11 is 1.40. The largest absolute Gasteiger partial charge is 0.284 e. The minimum Gasteiger partial charge on any atom is -0.284 e. The maximum Gasteiger partial charge on any atom is 0.229 e. The van der Waals surface area contributed by atoms with Crippen molar-refractivity contribution >= 4 is 43.2 Å². The highest BCUT2D eigenvalue weighted by Gasteiger charge is 2.06. The lowest BCUT2D eigenvalue weighted by Crippen LogP contribution is -2.09. The van der Waals surface area contributed by atoms with Crippen molar-refractivity contribution in [3.05, 3.63) is 48.5 Å². The smallest absolute Gasteiger partial charge is 0.229 e. The standard InChI is InChI=1S/C14H16N2O4S3/c1-22(17,18)15-11-5-3-7-13(9-11)21-14-8-4-6-12(10-14)16-23(2,19)20/h3-10,15-16H,1-2H3. The molecular formula is C14H16N2O4S3. The summed E-state index contributed by atoms with van der Waals surface area (Å²) < 4.78 is 49.9. The first-order valence-electron chi connectivity index (χ1n) is 6.44. The molecule has 0 amide bonds. The van der Waals surface area contributed by atoms with Crippen molar-refractivity contribution < 1.29 is 16.8 Å². The average Bonchev–Trinajstić information content (AvgIpc) is 2.35. The van der Waals surface area contributed by atoms with Crippen molar-refractivity contribution in [3.63, 3.8) is 0 Å². The third-order valence-corrected chi connectivity index (χ3v) is 4.70. The predicted molar refractivity (Wildman–Crippen MR) is 93.9 cm³/mol. The molecule has 0 atom stereocenters. The Kier molecular flexibility index (Phi) is 5.23. The Morgan fingerprint density at radius 2 is 1.13 bits per heavy atom. The van der Waals surface area contributed by atoms with Crippen molar-refractivity contribution in [2.45, 2.75) is 9.79 Å². The fraction of sp³-hybridized carbons (Fsp3) is 0.143. The van der Waals surface area contributed by atoms with Crippen molar-refractivity contribution in [1.82, 2.24) is 0 Å². The molecule has 2 aromatic rings. The van der Waals surface area contributed by atoms with Crippen LogP contribution in [-0.2, 0) is 20.0 Å². The maximum absolute atomic E-state index is 11.3. The molecule has 0 aliphatic heterocycles. The van der Waals surface area contributed by atoms with Gasteiger partial charge in [-0.15, -0.1) is 0 Å². The molecule has 2 N–H and O–H groups in total. The van der Waals surface area contributed by atoms with Gasteiger partial charge in [0.2, 0.25) is 20.0 Å². The number of nitrogens with one attached hydrogen (secondary N) is 2. The molecule has 124 valence electrons. The van der Waals surface area contributed by atoms with Crippen LogP contribution in [0.1, 0.15) is 0 Å². The molecule has 0 radical (unpaired) electrons. The zero-order chi connectivity index (χ0) is 17.1. The molecular weight excluding hydrogens is 356 g/mol. The molecule has 0 bridgehead atoms. The van der Waals surface area contributed by atoms with E-state index in [0.29, 0.717) is 11.4 Å². The first kappa shape index (κ1) is 17.6. The molecule has 0 unspecified atom stereocenters. The highest BCUT2D eigenvalue weighted by atomic mass is 32.2. The molecule has 0 saturated heterocycles. The van der Waals surface area contributed by atoms with Crippen LogP contribution in [-0.4, -0.2) is 29.3 Å². The first-order chi connectivity index (χ1) is 10.6. The van der Waals surface area contributed by atoms with Gasteiger partial charge in [-0.3, -0.25) is 9.44 Å². The molecule has 0 fully saturated rings. The first-order valence-corrected chi connectivity index (χ1v) is 11.0.